The van der Waals surface area contributed by atoms with Gasteiger partial charge in [-0.1, -0.05) is 37.6 Å². The van der Waals surface area contributed by atoms with Crippen LogP contribution in [0.4, 0.5) is 0 Å². The van der Waals surface area contributed by atoms with Gasteiger partial charge in [-0.2, -0.15) is 0 Å². The molecule has 1 aromatic carbocycles. The minimum atomic E-state index is -0.757. The fraction of sp³-hybridized carbons (Fsp3) is 0.600. The number of hydrogen-bond acceptors (Lipinski definition) is 2. The number of benzene rings is 1. The SMILES string of the molecule is CCc1ccc(C(C)(O)C2CCCCN2)cc1. The molecule has 0 saturated carbocycles. The second kappa shape index (κ2) is 5.19. The summed E-state index contributed by atoms with van der Waals surface area (Å²) in [6.45, 7) is 5.10. The zero-order chi connectivity index (χ0) is 12.3. The summed E-state index contributed by atoms with van der Waals surface area (Å²) in [5, 5.41) is 14.1. The van der Waals surface area contributed by atoms with Crippen molar-refractivity contribution in [2.75, 3.05) is 6.54 Å². The molecule has 0 amide bonds. The molecule has 94 valence electrons. The molecule has 0 aromatic heterocycles. The molecule has 2 nitrogen and oxygen atoms in total. The molecular formula is C15H23NO. The van der Waals surface area contributed by atoms with Gasteiger partial charge >= 0.3 is 0 Å². The molecule has 1 saturated heterocycles. The second-order valence-corrected chi connectivity index (χ2v) is 5.20. The smallest absolute Gasteiger partial charge is 0.102 e. The van der Waals surface area contributed by atoms with E-state index in [2.05, 4.69) is 36.5 Å². The van der Waals surface area contributed by atoms with Crippen LogP contribution in [-0.2, 0) is 12.0 Å². The van der Waals surface area contributed by atoms with Crippen molar-refractivity contribution < 1.29 is 5.11 Å². The summed E-state index contributed by atoms with van der Waals surface area (Å²) in [6, 6.07) is 8.55. The number of hydrogen-bond donors (Lipinski definition) is 2. The molecule has 0 radical (unpaired) electrons. The van der Waals surface area contributed by atoms with Gasteiger partial charge in [-0.05, 0) is 43.9 Å². The molecule has 1 aliphatic heterocycles. The molecule has 2 heteroatoms. The molecule has 2 rings (SSSR count). The van der Waals surface area contributed by atoms with Crippen LogP contribution >= 0.6 is 0 Å². The molecule has 1 aliphatic rings. The standard InChI is InChI=1S/C15H23NO/c1-3-12-7-9-13(10-8-12)15(2,17)14-6-4-5-11-16-14/h7-10,14,16-17H,3-6,11H2,1-2H3. The monoisotopic (exact) mass is 233 g/mol. The largest absolute Gasteiger partial charge is 0.384 e. The summed E-state index contributed by atoms with van der Waals surface area (Å²) >= 11 is 0. The van der Waals surface area contributed by atoms with Gasteiger partial charge in [0.25, 0.3) is 0 Å². The summed E-state index contributed by atoms with van der Waals surface area (Å²) in [4.78, 5) is 0. The van der Waals surface area contributed by atoms with Crippen LogP contribution in [0.1, 0.15) is 44.2 Å². The molecule has 2 N–H and O–H groups in total. The Balaban J connectivity index is 2.17. The minimum absolute atomic E-state index is 0.184. The highest BCUT2D eigenvalue weighted by atomic mass is 16.3. The molecule has 0 spiro atoms. The van der Waals surface area contributed by atoms with Crippen molar-refractivity contribution >= 4 is 0 Å². The Labute approximate surface area is 104 Å². The Morgan fingerprint density at radius 1 is 1.29 bits per heavy atom. The third-order valence-corrected chi connectivity index (χ3v) is 3.94. The Kier molecular flexibility index (Phi) is 3.85. The lowest BCUT2D eigenvalue weighted by Crippen LogP contribution is -2.49. The fourth-order valence-electron chi connectivity index (χ4n) is 2.61. The first-order chi connectivity index (χ1) is 8.14. The normalized spacial score (nSPS) is 24.3. The maximum Gasteiger partial charge on any atom is 0.102 e. The predicted molar refractivity (Wildman–Crippen MR) is 71.0 cm³/mol. The lowest BCUT2D eigenvalue weighted by atomic mass is 9.83. The molecule has 1 aromatic rings. The van der Waals surface area contributed by atoms with Gasteiger partial charge in [-0.3, -0.25) is 0 Å². The van der Waals surface area contributed by atoms with Gasteiger partial charge in [0.1, 0.15) is 5.60 Å². The minimum Gasteiger partial charge on any atom is -0.384 e. The van der Waals surface area contributed by atoms with Crippen LogP contribution < -0.4 is 5.32 Å². The average molecular weight is 233 g/mol. The van der Waals surface area contributed by atoms with Crippen LogP contribution in [0.5, 0.6) is 0 Å². The number of rotatable bonds is 3. The van der Waals surface area contributed by atoms with Crippen LogP contribution in [-0.4, -0.2) is 17.7 Å². The van der Waals surface area contributed by atoms with Gasteiger partial charge in [0.2, 0.25) is 0 Å². The van der Waals surface area contributed by atoms with Gasteiger partial charge in [0, 0.05) is 6.04 Å². The lowest BCUT2D eigenvalue weighted by Gasteiger charge is -2.36. The Bertz CT molecular complexity index is 350. The molecule has 1 heterocycles. The van der Waals surface area contributed by atoms with Crippen LogP contribution in [0, 0.1) is 0 Å². The Hall–Kier alpha value is -0.860. The van der Waals surface area contributed by atoms with Gasteiger partial charge in [0.05, 0.1) is 0 Å². The topological polar surface area (TPSA) is 32.3 Å². The third-order valence-electron chi connectivity index (χ3n) is 3.94. The summed E-state index contributed by atoms with van der Waals surface area (Å²) in [7, 11) is 0. The van der Waals surface area contributed by atoms with E-state index in [0.29, 0.717) is 0 Å². The van der Waals surface area contributed by atoms with E-state index in [9.17, 15) is 5.11 Å². The van der Waals surface area contributed by atoms with Gasteiger partial charge < -0.3 is 10.4 Å². The second-order valence-electron chi connectivity index (χ2n) is 5.20. The molecule has 1 fully saturated rings. The van der Waals surface area contributed by atoms with Gasteiger partial charge in [-0.15, -0.1) is 0 Å². The van der Waals surface area contributed by atoms with Crippen LogP contribution in [0.3, 0.4) is 0 Å². The third kappa shape index (κ3) is 2.70. The summed E-state index contributed by atoms with van der Waals surface area (Å²) in [6.07, 6.45) is 4.54. The zero-order valence-corrected chi connectivity index (χ0v) is 10.9. The van der Waals surface area contributed by atoms with Crippen molar-refractivity contribution in [2.45, 2.75) is 51.2 Å². The molecule has 0 bridgehead atoms. The van der Waals surface area contributed by atoms with Crippen LogP contribution in [0.15, 0.2) is 24.3 Å². The van der Waals surface area contributed by atoms with Crippen molar-refractivity contribution in [3.05, 3.63) is 35.4 Å². The van der Waals surface area contributed by atoms with Crippen molar-refractivity contribution in [1.29, 1.82) is 0 Å². The van der Waals surface area contributed by atoms with Crippen molar-refractivity contribution in [3.63, 3.8) is 0 Å². The van der Waals surface area contributed by atoms with Crippen molar-refractivity contribution in [3.8, 4) is 0 Å². The molecule has 0 aliphatic carbocycles. The zero-order valence-electron chi connectivity index (χ0n) is 10.9. The maximum absolute atomic E-state index is 10.7. The summed E-state index contributed by atoms with van der Waals surface area (Å²) < 4.78 is 0. The lowest BCUT2D eigenvalue weighted by molar-refractivity contribution is 0.00567. The summed E-state index contributed by atoms with van der Waals surface area (Å²) in [5.41, 5.74) is 1.59. The van der Waals surface area contributed by atoms with Crippen molar-refractivity contribution in [1.82, 2.24) is 5.32 Å². The van der Waals surface area contributed by atoms with E-state index in [-0.39, 0.29) is 6.04 Å². The summed E-state index contributed by atoms with van der Waals surface area (Å²) in [5.74, 6) is 0. The Morgan fingerprint density at radius 2 is 2.00 bits per heavy atom. The van der Waals surface area contributed by atoms with Crippen LogP contribution in [0.2, 0.25) is 0 Å². The van der Waals surface area contributed by atoms with Crippen LogP contribution in [0.25, 0.3) is 0 Å². The highest BCUT2D eigenvalue weighted by molar-refractivity contribution is 5.28. The molecule has 17 heavy (non-hydrogen) atoms. The van der Waals surface area contributed by atoms with E-state index < -0.39 is 5.60 Å². The molecular weight excluding hydrogens is 210 g/mol. The van der Waals surface area contributed by atoms with E-state index in [1.807, 2.05) is 6.92 Å². The van der Waals surface area contributed by atoms with E-state index in [1.165, 1.54) is 18.4 Å². The number of piperidine rings is 1. The van der Waals surface area contributed by atoms with E-state index in [1.54, 1.807) is 0 Å². The quantitative estimate of drug-likeness (QED) is 0.841. The van der Waals surface area contributed by atoms with Crippen molar-refractivity contribution in [2.24, 2.45) is 0 Å². The predicted octanol–water partition coefficient (Wildman–Crippen LogP) is 2.60. The molecule has 2 unspecified atom stereocenters. The number of nitrogens with one attached hydrogen (secondary N) is 1. The maximum atomic E-state index is 10.7. The first-order valence-corrected chi connectivity index (χ1v) is 6.69. The molecule has 2 atom stereocenters. The van der Waals surface area contributed by atoms with E-state index >= 15 is 0 Å². The highest BCUT2D eigenvalue weighted by Gasteiger charge is 2.34. The average Bonchev–Trinajstić information content (AvgIpc) is 2.40. The highest BCUT2D eigenvalue weighted by Crippen LogP contribution is 2.29. The first-order valence-electron chi connectivity index (χ1n) is 6.69. The van der Waals surface area contributed by atoms with Gasteiger partial charge in [0.15, 0.2) is 0 Å². The number of aliphatic hydroxyl groups is 1. The van der Waals surface area contributed by atoms with E-state index in [4.69, 9.17) is 0 Å². The first kappa shape index (κ1) is 12.6. The van der Waals surface area contributed by atoms with Gasteiger partial charge in [-0.25, -0.2) is 0 Å². The Morgan fingerprint density at radius 3 is 2.53 bits per heavy atom. The fourth-order valence-corrected chi connectivity index (χ4v) is 2.61. The van der Waals surface area contributed by atoms with E-state index in [0.717, 1.165) is 24.9 Å². The number of aryl methyl sites for hydroxylation is 1.